The summed E-state index contributed by atoms with van der Waals surface area (Å²) >= 11 is 1.70. The van der Waals surface area contributed by atoms with E-state index in [0.717, 1.165) is 42.1 Å². The van der Waals surface area contributed by atoms with Crippen molar-refractivity contribution in [1.29, 1.82) is 0 Å². The molecule has 0 saturated carbocycles. The molecule has 1 fully saturated rings. The minimum absolute atomic E-state index is 0. The highest BCUT2D eigenvalue weighted by Crippen LogP contribution is 2.15. The van der Waals surface area contributed by atoms with Gasteiger partial charge in [-0.05, 0) is 45.2 Å². The van der Waals surface area contributed by atoms with Gasteiger partial charge in [0, 0.05) is 32.6 Å². The first-order valence-corrected chi connectivity index (χ1v) is 9.51. The lowest BCUT2D eigenvalue weighted by Gasteiger charge is -2.31. The Hall–Kier alpha value is -0.410. The molecule has 0 aromatic carbocycles. The second-order valence-corrected chi connectivity index (χ2v) is 7.65. The lowest BCUT2D eigenvalue weighted by atomic mass is 10.0. The van der Waals surface area contributed by atoms with Crippen LogP contribution in [0.2, 0.25) is 0 Å². The zero-order valence-corrected chi connectivity index (χ0v) is 18.6. The second-order valence-electron chi connectivity index (χ2n) is 6.59. The van der Waals surface area contributed by atoms with E-state index in [4.69, 9.17) is 0 Å². The molecule has 1 aliphatic rings. The van der Waals surface area contributed by atoms with E-state index < -0.39 is 0 Å². The Morgan fingerprint density at radius 2 is 2.33 bits per heavy atom. The molecule has 1 unspecified atom stereocenters. The molecule has 0 amide bonds. The average Bonchev–Trinajstić information content (AvgIpc) is 2.92. The van der Waals surface area contributed by atoms with Crippen LogP contribution >= 0.6 is 35.3 Å². The van der Waals surface area contributed by atoms with Gasteiger partial charge in [0.25, 0.3) is 0 Å². The summed E-state index contributed by atoms with van der Waals surface area (Å²) in [6, 6.07) is 0. The molecule has 0 aliphatic carbocycles. The quantitative estimate of drug-likeness (QED) is 0.303. The SMILES string of the molecule is CN=C(NCCCN1CCCC(C)C1)N(C)Cc1csc(C)n1.I. The molecule has 0 radical (unpaired) electrons. The maximum absolute atomic E-state index is 4.52. The predicted octanol–water partition coefficient (Wildman–Crippen LogP) is 3.20. The van der Waals surface area contributed by atoms with Crippen LogP contribution in [0, 0.1) is 12.8 Å². The highest BCUT2D eigenvalue weighted by Gasteiger charge is 2.15. The number of nitrogens with zero attached hydrogens (tertiary/aromatic N) is 4. The molecule has 1 atom stereocenters. The maximum Gasteiger partial charge on any atom is 0.193 e. The molecule has 7 heteroatoms. The van der Waals surface area contributed by atoms with Crippen LogP contribution in [0.4, 0.5) is 0 Å². The summed E-state index contributed by atoms with van der Waals surface area (Å²) in [5, 5.41) is 6.71. The number of thiazole rings is 1. The van der Waals surface area contributed by atoms with Crippen LogP contribution in [-0.4, -0.2) is 61.0 Å². The third-order valence-electron chi connectivity index (χ3n) is 4.31. The van der Waals surface area contributed by atoms with Crippen LogP contribution < -0.4 is 5.32 Å². The first kappa shape index (κ1) is 21.6. The summed E-state index contributed by atoms with van der Waals surface area (Å²) in [6.45, 7) is 9.89. The number of aryl methyl sites for hydroxylation is 1. The molecule has 24 heavy (non-hydrogen) atoms. The Labute approximate surface area is 168 Å². The fourth-order valence-electron chi connectivity index (χ4n) is 3.18. The number of guanidine groups is 1. The van der Waals surface area contributed by atoms with Crippen LogP contribution in [-0.2, 0) is 6.54 Å². The molecule has 0 spiro atoms. The first-order valence-electron chi connectivity index (χ1n) is 8.63. The van der Waals surface area contributed by atoms with E-state index in [9.17, 15) is 0 Å². The Morgan fingerprint density at radius 3 is 2.96 bits per heavy atom. The van der Waals surface area contributed by atoms with Crippen molar-refractivity contribution in [3.63, 3.8) is 0 Å². The fourth-order valence-corrected chi connectivity index (χ4v) is 3.78. The van der Waals surface area contributed by atoms with Gasteiger partial charge in [-0.1, -0.05) is 6.92 Å². The molecule has 1 aromatic heterocycles. The Kier molecular flexibility index (Phi) is 10.1. The normalized spacial score (nSPS) is 19.0. The van der Waals surface area contributed by atoms with Crippen LogP contribution in [0.25, 0.3) is 0 Å². The molecule has 1 N–H and O–H groups in total. The molecule has 1 aromatic rings. The minimum Gasteiger partial charge on any atom is -0.356 e. The lowest BCUT2D eigenvalue weighted by Crippen LogP contribution is -2.40. The van der Waals surface area contributed by atoms with Gasteiger partial charge < -0.3 is 15.1 Å². The van der Waals surface area contributed by atoms with Gasteiger partial charge in [-0.2, -0.15) is 0 Å². The number of likely N-dealkylation sites (tertiary alicyclic amines) is 1. The van der Waals surface area contributed by atoms with Crippen molar-refractivity contribution in [2.24, 2.45) is 10.9 Å². The number of nitrogens with one attached hydrogen (secondary N) is 1. The molecule has 138 valence electrons. The maximum atomic E-state index is 4.52. The molecule has 0 bridgehead atoms. The highest BCUT2D eigenvalue weighted by atomic mass is 127. The Bertz CT molecular complexity index is 505. The van der Waals surface area contributed by atoms with Crippen molar-refractivity contribution < 1.29 is 0 Å². The standard InChI is InChI=1S/C17H31N5S.HI/c1-14-7-5-9-22(11-14)10-6-8-19-17(18-3)21(4)12-16-13-23-15(2)20-16;/h13-14H,5-12H2,1-4H3,(H,18,19);1H. The van der Waals surface area contributed by atoms with Crippen molar-refractivity contribution in [2.75, 3.05) is 40.3 Å². The summed E-state index contributed by atoms with van der Waals surface area (Å²) in [6.07, 6.45) is 3.91. The van der Waals surface area contributed by atoms with E-state index in [1.54, 1.807) is 11.3 Å². The summed E-state index contributed by atoms with van der Waals surface area (Å²) < 4.78 is 0. The lowest BCUT2D eigenvalue weighted by molar-refractivity contribution is 0.182. The van der Waals surface area contributed by atoms with Crippen molar-refractivity contribution in [3.8, 4) is 0 Å². The van der Waals surface area contributed by atoms with Crippen molar-refractivity contribution in [2.45, 2.75) is 39.7 Å². The molecular weight excluding hydrogens is 433 g/mol. The van der Waals surface area contributed by atoms with E-state index in [2.05, 4.69) is 44.4 Å². The van der Waals surface area contributed by atoms with Gasteiger partial charge >= 0.3 is 0 Å². The van der Waals surface area contributed by atoms with Gasteiger partial charge in [0.2, 0.25) is 0 Å². The second kappa shape index (κ2) is 11.3. The summed E-state index contributed by atoms with van der Waals surface area (Å²) in [4.78, 5) is 13.6. The molecule has 1 saturated heterocycles. The van der Waals surface area contributed by atoms with Gasteiger partial charge in [0.05, 0.1) is 17.2 Å². The van der Waals surface area contributed by atoms with Crippen LogP contribution in [0.3, 0.4) is 0 Å². The number of hydrogen-bond donors (Lipinski definition) is 1. The van der Waals surface area contributed by atoms with Crippen molar-refractivity contribution in [1.82, 2.24) is 20.1 Å². The molecule has 1 aliphatic heterocycles. The van der Waals surface area contributed by atoms with Crippen molar-refractivity contribution in [3.05, 3.63) is 16.1 Å². The number of piperidine rings is 1. The monoisotopic (exact) mass is 465 g/mol. The zero-order valence-electron chi connectivity index (χ0n) is 15.4. The summed E-state index contributed by atoms with van der Waals surface area (Å²) in [7, 11) is 3.91. The number of aromatic nitrogens is 1. The van der Waals surface area contributed by atoms with E-state index in [1.807, 2.05) is 14.0 Å². The predicted molar refractivity (Wildman–Crippen MR) is 115 cm³/mol. The largest absolute Gasteiger partial charge is 0.356 e. The zero-order chi connectivity index (χ0) is 16.7. The van der Waals surface area contributed by atoms with Gasteiger partial charge in [-0.15, -0.1) is 35.3 Å². The number of aliphatic imine (C=N–C) groups is 1. The van der Waals surface area contributed by atoms with Crippen molar-refractivity contribution >= 4 is 41.3 Å². The van der Waals surface area contributed by atoms with E-state index >= 15 is 0 Å². The third-order valence-corrected chi connectivity index (χ3v) is 5.14. The first-order chi connectivity index (χ1) is 11.1. The van der Waals surface area contributed by atoms with Crippen LogP contribution in [0.15, 0.2) is 10.4 Å². The topological polar surface area (TPSA) is 43.8 Å². The van der Waals surface area contributed by atoms with Gasteiger partial charge in [0.1, 0.15) is 0 Å². The van der Waals surface area contributed by atoms with Crippen LogP contribution in [0.1, 0.15) is 36.9 Å². The number of hydrogen-bond acceptors (Lipinski definition) is 4. The molecule has 5 nitrogen and oxygen atoms in total. The third kappa shape index (κ3) is 7.23. The molecule has 2 heterocycles. The van der Waals surface area contributed by atoms with Crippen LogP contribution in [0.5, 0.6) is 0 Å². The highest BCUT2D eigenvalue weighted by molar-refractivity contribution is 14.0. The molecular formula is C17H32IN5S. The fraction of sp³-hybridized carbons (Fsp3) is 0.765. The average molecular weight is 465 g/mol. The number of halogens is 1. The number of rotatable bonds is 6. The van der Waals surface area contributed by atoms with E-state index in [0.29, 0.717) is 0 Å². The van der Waals surface area contributed by atoms with Gasteiger partial charge in [-0.25, -0.2) is 4.98 Å². The minimum atomic E-state index is 0. The van der Waals surface area contributed by atoms with Gasteiger partial charge in [-0.3, -0.25) is 4.99 Å². The van der Waals surface area contributed by atoms with Gasteiger partial charge in [0.15, 0.2) is 5.96 Å². The van der Waals surface area contributed by atoms with E-state index in [1.165, 1.54) is 32.5 Å². The van der Waals surface area contributed by atoms with E-state index in [-0.39, 0.29) is 24.0 Å². The molecule has 2 rings (SSSR count). The Morgan fingerprint density at radius 1 is 1.54 bits per heavy atom. The Balaban J connectivity index is 0.00000288. The summed E-state index contributed by atoms with van der Waals surface area (Å²) in [5.41, 5.74) is 1.11. The smallest absolute Gasteiger partial charge is 0.193 e. The summed E-state index contributed by atoms with van der Waals surface area (Å²) in [5.74, 6) is 1.81.